The molecule has 0 saturated heterocycles. The fraction of sp³-hybridized carbons (Fsp3) is 0.400. The molecule has 1 aromatic rings. The third-order valence-corrected chi connectivity index (χ3v) is 2.20. The van der Waals surface area contributed by atoms with Crippen LogP contribution in [-0.4, -0.2) is 25.9 Å². The van der Waals surface area contributed by atoms with Gasteiger partial charge in [-0.3, -0.25) is 0 Å². The predicted octanol–water partition coefficient (Wildman–Crippen LogP) is 1.89. The Morgan fingerprint density at radius 1 is 1.29 bits per heavy atom. The highest BCUT2D eigenvalue weighted by atomic mass is 35.5. The van der Waals surface area contributed by atoms with E-state index < -0.39 is 0 Å². The summed E-state index contributed by atoms with van der Waals surface area (Å²) in [5, 5.41) is 9.35. The molecule has 1 aromatic carbocycles. The van der Waals surface area contributed by atoms with Crippen LogP contribution in [0.15, 0.2) is 12.1 Å². The Hall–Kier alpha value is -0.930. The smallest absolute Gasteiger partial charge is 0.140 e. The van der Waals surface area contributed by atoms with Gasteiger partial charge in [0, 0.05) is 18.2 Å². The molecule has 14 heavy (non-hydrogen) atoms. The maximum Gasteiger partial charge on any atom is 0.140 e. The summed E-state index contributed by atoms with van der Waals surface area (Å²) >= 11 is 5.96. The second kappa shape index (κ2) is 5.08. The number of aliphatic hydroxyl groups is 1. The molecule has 0 aliphatic carbocycles. The molecule has 1 rings (SSSR count). The normalized spacial score (nSPS) is 10.0. The first kappa shape index (κ1) is 11.1. The number of benzene rings is 1. The fourth-order valence-electron chi connectivity index (χ4n) is 1.28. The Labute approximate surface area is 88.2 Å². The first-order valence-electron chi connectivity index (χ1n) is 4.24. The first-order chi connectivity index (χ1) is 6.72. The van der Waals surface area contributed by atoms with Crippen LogP contribution in [0, 0.1) is 0 Å². The van der Waals surface area contributed by atoms with Crippen molar-refractivity contribution in [1.82, 2.24) is 0 Å². The van der Waals surface area contributed by atoms with Crippen molar-refractivity contribution in [3.05, 3.63) is 22.7 Å². The molecule has 0 fully saturated rings. The first-order valence-corrected chi connectivity index (χ1v) is 4.62. The molecule has 0 heterocycles. The maximum absolute atomic E-state index is 8.85. The Morgan fingerprint density at radius 3 is 2.50 bits per heavy atom. The van der Waals surface area contributed by atoms with Gasteiger partial charge in [0.05, 0.1) is 19.2 Å². The summed E-state index contributed by atoms with van der Waals surface area (Å²) in [4.78, 5) is 0. The molecule has 1 N–H and O–H groups in total. The lowest BCUT2D eigenvalue weighted by atomic mass is 10.1. The van der Waals surface area contributed by atoms with Gasteiger partial charge in [-0.05, 0) is 12.5 Å². The zero-order valence-electron chi connectivity index (χ0n) is 8.21. The molecule has 0 spiro atoms. The van der Waals surface area contributed by atoms with Gasteiger partial charge in [-0.15, -0.1) is 0 Å². The van der Waals surface area contributed by atoms with Gasteiger partial charge >= 0.3 is 0 Å². The van der Waals surface area contributed by atoms with E-state index in [4.69, 9.17) is 26.2 Å². The van der Waals surface area contributed by atoms with E-state index in [-0.39, 0.29) is 6.61 Å². The summed E-state index contributed by atoms with van der Waals surface area (Å²) in [5.41, 5.74) is 0.847. The molecule has 78 valence electrons. The van der Waals surface area contributed by atoms with Crippen LogP contribution in [0.1, 0.15) is 5.56 Å². The van der Waals surface area contributed by atoms with E-state index >= 15 is 0 Å². The van der Waals surface area contributed by atoms with E-state index in [2.05, 4.69) is 0 Å². The quantitative estimate of drug-likeness (QED) is 0.836. The number of aliphatic hydroxyl groups excluding tert-OH is 1. The minimum absolute atomic E-state index is 0.0554. The van der Waals surface area contributed by atoms with Crippen LogP contribution in [-0.2, 0) is 6.42 Å². The Balaban J connectivity index is 3.13. The van der Waals surface area contributed by atoms with Crippen LogP contribution in [0.2, 0.25) is 5.02 Å². The van der Waals surface area contributed by atoms with Gasteiger partial charge in [-0.25, -0.2) is 0 Å². The zero-order valence-corrected chi connectivity index (χ0v) is 8.97. The summed E-state index contributed by atoms with van der Waals surface area (Å²) in [6.07, 6.45) is 0.500. The van der Waals surface area contributed by atoms with Crippen LogP contribution < -0.4 is 9.47 Å². The summed E-state index contributed by atoms with van der Waals surface area (Å²) in [6.45, 7) is 0.0554. The monoisotopic (exact) mass is 216 g/mol. The highest BCUT2D eigenvalue weighted by Gasteiger charge is 2.09. The van der Waals surface area contributed by atoms with Crippen molar-refractivity contribution in [3.63, 3.8) is 0 Å². The van der Waals surface area contributed by atoms with E-state index in [9.17, 15) is 0 Å². The predicted molar refractivity (Wildman–Crippen MR) is 55.3 cm³/mol. The summed E-state index contributed by atoms with van der Waals surface area (Å²) < 4.78 is 10.2. The van der Waals surface area contributed by atoms with Gasteiger partial charge in [0.2, 0.25) is 0 Å². The standard InChI is InChI=1S/C10H13ClO3/c1-13-8-5-7(3-4-12)10(14-2)9(11)6-8/h5-6,12H,3-4H2,1-2H3. The molecule has 0 aliphatic rings. The van der Waals surface area contributed by atoms with Crippen LogP contribution in [0.3, 0.4) is 0 Å². The fourth-order valence-corrected chi connectivity index (χ4v) is 1.58. The lowest BCUT2D eigenvalue weighted by molar-refractivity contribution is 0.296. The van der Waals surface area contributed by atoms with Crippen LogP contribution >= 0.6 is 11.6 Å². The van der Waals surface area contributed by atoms with E-state index in [1.54, 1.807) is 26.4 Å². The summed E-state index contributed by atoms with van der Waals surface area (Å²) in [7, 11) is 3.12. The second-order valence-corrected chi connectivity index (χ2v) is 3.18. The lowest BCUT2D eigenvalue weighted by Gasteiger charge is -2.11. The van der Waals surface area contributed by atoms with E-state index in [1.165, 1.54) is 0 Å². The topological polar surface area (TPSA) is 38.7 Å². The number of methoxy groups -OCH3 is 2. The second-order valence-electron chi connectivity index (χ2n) is 2.78. The maximum atomic E-state index is 8.85. The van der Waals surface area contributed by atoms with Crippen molar-refractivity contribution in [2.24, 2.45) is 0 Å². The molecule has 0 unspecified atom stereocenters. The van der Waals surface area contributed by atoms with Gasteiger partial charge in [0.1, 0.15) is 11.5 Å². The largest absolute Gasteiger partial charge is 0.497 e. The molecule has 0 aliphatic heterocycles. The minimum Gasteiger partial charge on any atom is -0.497 e. The third-order valence-electron chi connectivity index (χ3n) is 1.92. The minimum atomic E-state index is 0.0554. The van der Waals surface area contributed by atoms with Crippen LogP contribution in [0.25, 0.3) is 0 Å². The van der Waals surface area contributed by atoms with Crippen molar-refractivity contribution in [3.8, 4) is 11.5 Å². The molecule has 0 atom stereocenters. The number of rotatable bonds is 4. The van der Waals surface area contributed by atoms with Crippen molar-refractivity contribution < 1.29 is 14.6 Å². The Morgan fingerprint density at radius 2 is 2.00 bits per heavy atom. The summed E-state index contributed by atoms with van der Waals surface area (Å²) in [6, 6.07) is 3.49. The molecule has 0 amide bonds. The number of halogens is 1. The number of ether oxygens (including phenoxy) is 2. The molecule has 0 bridgehead atoms. The number of hydrogen-bond donors (Lipinski definition) is 1. The van der Waals surface area contributed by atoms with Gasteiger partial charge in [0.15, 0.2) is 0 Å². The van der Waals surface area contributed by atoms with E-state index in [1.807, 2.05) is 0 Å². The average Bonchev–Trinajstić information content (AvgIpc) is 2.18. The van der Waals surface area contributed by atoms with Crippen molar-refractivity contribution >= 4 is 11.6 Å². The Bertz CT molecular complexity index is 312. The van der Waals surface area contributed by atoms with Crippen molar-refractivity contribution in [2.45, 2.75) is 6.42 Å². The van der Waals surface area contributed by atoms with Gasteiger partial charge in [-0.1, -0.05) is 11.6 Å². The molecular formula is C10H13ClO3. The molecule has 0 aromatic heterocycles. The number of hydrogen-bond acceptors (Lipinski definition) is 3. The molecule has 0 radical (unpaired) electrons. The van der Waals surface area contributed by atoms with Crippen LogP contribution in [0.4, 0.5) is 0 Å². The van der Waals surface area contributed by atoms with E-state index in [0.29, 0.717) is 22.9 Å². The third kappa shape index (κ3) is 2.30. The Kier molecular flexibility index (Phi) is 4.04. The molecular weight excluding hydrogens is 204 g/mol. The summed E-state index contributed by atoms with van der Waals surface area (Å²) in [5.74, 6) is 1.26. The average molecular weight is 217 g/mol. The molecule has 0 saturated carbocycles. The molecule has 3 nitrogen and oxygen atoms in total. The van der Waals surface area contributed by atoms with Gasteiger partial charge in [0.25, 0.3) is 0 Å². The van der Waals surface area contributed by atoms with E-state index in [0.717, 1.165) is 5.56 Å². The van der Waals surface area contributed by atoms with Gasteiger partial charge in [-0.2, -0.15) is 0 Å². The SMILES string of the molecule is COc1cc(Cl)c(OC)c(CCO)c1. The van der Waals surface area contributed by atoms with Gasteiger partial charge < -0.3 is 14.6 Å². The lowest BCUT2D eigenvalue weighted by Crippen LogP contribution is -1.97. The highest BCUT2D eigenvalue weighted by Crippen LogP contribution is 2.33. The highest BCUT2D eigenvalue weighted by molar-refractivity contribution is 6.32. The molecule has 4 heteroatoms. The van der Waals surface area contributed by atoms with Crippen molar-refractivity contribution in [2.75, 3.05) is 20.8 Å². The zero-order chi connectivity index (χ0) is 10.6. The van der Waals surface area contributed by atoms with Crippen molar-refractivity contribution in [1.29, 1.82) is 0 Å². The van der Waals surface area contributed by atoms with Crippen LogP contribution in [0.5, 0.6) is 11.5 Å².